The van der Waals surface area contributed by atoms with Crippen LogP contribution in [0.5, 0.6) is 11.5 Å². The van der Waals surface area contributed by atoms with Crippen LogP contribution in [0.4, 0.5) is 0 Å². The van der Waals surface area contributed by atoms with Crippen LogP contribution in [-0.4, -0.2) is 23.3 Å². The van der Waals surface area contributed by atoms with Gasteiger partial charge in [0.2, 0.25) is 0 Å². The van der Waals surface area contributed by atoms with Gasteiger partial charge >= 0.3 is 5.97 Å². The summed E-state index contributed by atoms with van der Waals surface area (Å²) in [5.41, 5.74) is 1.67. The fourth-order valence-corrected chi connectivity index (χ4v) is 1.82. The van der Waals surface area contributed by atoms with E-state index in [1.165, 1.54) is 13.2 Å². The van der Waals surface area contributed by atoms with Crippen LogP contribution in [0.1, 0.15) is 21.5 Å². The summed E-state index contributed by atoms with van der Waals surface area (Å²) >= 11 is 0. The van der Waals surface area contributed by atoms with Crippen molar-refractivity contribution in [2.45, 2.75) is 0 Å². The summed E-state index contributed by atoms with van der Waals surface area (Å²) in [6, 6.07) is 11.7. The number of rotatable bonds is 4. The Morgan fingerprint density at radius 3 is 2.60 bits per heavy atom. The third-order valence-electron chi connectivity index (χ3n) is 2.85. The minimum absolute atomic E-state index is 0.0654. The van der Waals surface area contributed by atoms with Gasteiger partial charge in [-0.05, 0) is 29.3 Å². The Hall–Kier alpha value is -2.75. The van der Waals surface area contributed by atoms with Crippen molar-refractivity contribution in [2.24, 2.45) is 0 Å². The van der Waals surface area contributed by atoms with Gasteiger partial charge in [-0.2, -0.15) is 0 Å². The number of carboxylic acids is 1. The molecule has 20 heavy (non-hydrogen) atoms. The summed E-state index contributed by atoms with van der Waals surface area (Å²) in [5.74, 6) is -0.525. The van der Waals surface area contributed by atoms with Crippen molar-refractivity contribution in [1.82, 2.24) is 0 Å². The molecule has 4 nitrogen and oxygen atoms in total. The minimum Gasteiger partial charge on any atom is -0.504 e. The number of aromatic carboxylic acids is 1. The molecule has 0 saturated heterocycles. The number of ether oxygens (including phenoxy) is 1. The molecular formula is C16H14O4. The third-order valence-corrected chi connectivity index (χ3v) is 2.85. The summed E-state index contributed by atoms with van der Waals surface area (Å²) in [7, 11) is 1.47. The molecule has 4 heteroatoms. The van der Waals surface area contributed by atoms with E-state index < -0.39 is 5.97 Å². The van der Waals surface area contributed by atoms with E-state index in [1.54, 1.807) is 48.6 Å². The number of benzene rings is 2. The zero-order valence-electron chi connectivity index (χ0n) is 10.9. The van der Waals surface area contributed by atoms with E-state index in [1.807, 2.05) is 0 Å². The molecule has 0 unspecified atom stereocenters. The molecule has 2 rings (SSSR count). The van der Waals surface area contributed by atoms with Crippen LogP contribution in [0.25, 0.3) is 12.2 Å². The fraction of sp³-hybridized carbons (Fsp3) is 0.0625. The number of hydrogen-bond donors (Lipinski definition) is 2. The van der Waals surface area contributed by atoms with E-state index in [0.29, 0.717) is 11.3 Å². The van der Waals surface area contributed by atoms with Crippen LogP contribution in [0.3, 0.4) is 0 Å². The smallest absolute Gasteiger partial charge is 0.336 e. The van der Waals surface area contributed by atoms with Crippen LogP contribution in [0, 0.1) is 0 Å². The molecule has 2 aromatic rings. The van der Waals surface area contributed by atoms with Gasteiger partial charge < -0.3 is 14.9 Å². The first kappa shape index (κ1) is 13.7. The van der Waals surface area contributed by atoms with Gasteiger partial charge in [-0.15, -0.1) is 0 Å². The molecule has 0 fully saturated rings. The van der Waals surface area contributed by atoms with Gasteiger partial charge in [-0.3, -0.25) is 0 Å². The number of carbonyl (C=O) groups is 1. The van der Waals surface area contributed by atoms with Crippen molar-refractivity contribution in [3.63, 3.8) is 0 Å². The molecule has 0 aliphatic carbocycles. The number of carboxylic acid groups (broad SMARTS) is 1. The second-order valence-electron chi connectivity index (χ2n) is 4.16. The van der Waals surface area contributed by atoms with Crippen LogP contribution in [0.2, 0.25) is 0 Å². The predicted molar refractivity (Wildman–Crippen MR) is 77.0 cm³/mol. The Morgan fingerprint density at radius 1 is 1.15 bits per heavy atom. The van der Waals surface area contributed by atoms with Gasteiger partial charge in [-0.25, -0.2) is 4.79 Å². The molecule has 0 aliphatic rings. The Bertz CT molecular complexity index is 659. The van der Waals surface area contributed by atoms with E-state index in [2.05, 4.69) is 0 Å². The maximum atomic E-state index is 11.1. The van der Waals surface area contributed by atoms with Crippen molar-refractivity contribution in [3.8, 4) is 11.5 Å². The molecular weight excluding hydrogens is 256 g/mol. The molecule has 0 saturated carbocycles. The maximum Gasteiger partial charge on any atom is 0.336 e. The Morgan fingerprint density at radius 2 is 1.90 bits per heavy atom. The van der Waals surface area contributed by atoms with Gasteiger partial charge in [0.15, 0.2) is 11.5 Å². The zero-order chi connectivity index (χ0) is 14.5. The highest BCUT2D eigenvalue weighted by molar-refractivity contribution is 5.93. The second-order valence-corrected chi connectivity index (χ2v) is 4.16. The number of hydrogen-bond acceptors (Lipinski definition) is 3. The molecule has 0 amide bonds. The monoisotopic (exact) mass is 270 g/mol. The number of methoxy groups -OCH3 is 1. The fourth-order valence-electron chi connectivity index (χ4n) is 1.82. The van der Waals surface area contributed by atoms with Crippen molar-refractivity contribution in [3.05, 3.63) is 59.2 Å². The standard InChI is InChI=1S/C16H14O4/c1-20-15-10-11(7-9-14(15)17)6-8-12-4-2-3-5-13(12)16(18)19/h2-10,17H,1H3,(H,18,19)/b8-6+. The summed E-state index contributed by atoms with van der Waals surface area (Å²) in [6.45, 7) is 0. The topological polar surface area (TPSA) is 66.8 Å². The van der Waals surface area contributed by atoms with Crippen molar-refractivity contribution >= 4 is 18.1 Å². The number of phenolic OH excluding ortho intramolecular Hbond substituents is 1. The molecule has 0 aliphatic heterocycles. The second kappa shape index (κ2) is 5.93. The molecule has 102 valence electrons. The van der Waals surface area contributed by atoms with Crippen LogP contribution >= 0.6 is 0 Å². The lowest BCUT2D eigenvalue weighted by Gasteiger charge is -2.04. The zero-order valence-corrected chi connectivity index (χ0v) is 10.9. The summed E-state index contributed by atoms with van der Waals surface area (Å²) in [6.07, 6.45) is 3.49. The molecule has 0 aromatic heterocycles. The molecule has 0 atom stereocenters. The highest BCUT2D eigenvalue weighted by atomic mass is 16.5. The van der Waals surface area contributed by atoms with Gasteiger partial charge in [-0.1, -0.05) is 36.4 Å². The lowest BCUT2D eigenvalue weighted by atomic mass is 10.1. The average Bonchev–Trinajstić information content (AvgIpc) is 2.46. The first-order valence-corrected chi connectivity index (χ1v) is 5.99. The number of aromatic hydroxyl groups is 1. The van der Waals surface area contributed by atoms with Gasteiger partial charge in [0, 0.05) is 0 Å². The van der Waals surface area contributed by atoms with Gasteiger partial charge in [0.05, 0.1) is 12.7 Å². The third kappa shape index (κ3) is 2.98. The highest BCUT2D eigenvalue weighted by Crippen LogP contribution is 2.27. The molecule has 2 aromatic carbocycles. The minimum atomic E-state index is -0.964. The predicted octanol–water partition coefficient (Wildman–Crippen LogP) is 3.27. The van der Waals surface area contributed by atoms with Crippen molar-refractivity contribution in [2.75, 3.05) is 7.11 Å². The Balaban J connectivity index is 2.32. The van der Waals surface area contributed by atoms with Gasteiger partial charge in [0.25, 0.3) is 0 Å². The summed E-state index contributed by atoms with van der Waals surface area (Å²) in [5, 5.41) is 18.6. The first-order chi connectivity index (χ1) is 9.61. The van der Waals surface area contributed by atoms with Gasteiger partial charge in [0.1, 0.15) is 0 Å². The molecule has 0 heterocycles. The first-order valence-electron chi connectivity index (χ1n) is 5.99. The summed E-state index contributed by atoms with van der Waals surface area (Å²) < 4.78 is 5.02. The molecule has 0 bridgehead atoms. The van der Waals surface area contributed by atoms with Crippen molar-refractivity contribution < 1.29 is 19.7 Å². The normalized spacial score (nSPS) is 10.7. The largest absolute Gasteiger partial charge is 0.504 e. The van der Waals surface area contributed by atoms with E-state index in [4.69, 9.17) is 9.84 Å². The molecule has 0 spiro atoms. The van der Waals surface area contributed by atoms with E-state index in [0.717, 1.165) is 5.56 Å². The SMILES string of the molecule is COc1cc(/C=C/c2ccccc2C(=O)O)ccc1O. The summed E-state index contributed by atoms with van der Waals surface area (Å²) in [4.78, 5) is 11.1. The molecule has 0 radical (unpaired) electrons. The Kier molecular flexibility index (Phi) is 4.05. The van der Waals surface area contributed by atoms with Crippen molar-refractivity contribution in [1.29, 1.82) is 0 Å². The van der Waals surface area contributed by atoms with Crippen LogP contribution < -0.4 is 4.74 Å². The van der Waals surface area contributed by atoms with Crippen LogP contribution in [-0.2, 0) is 0 Å². The lowest BCUT2D eigenvalue weighted by Crippen LogP contribution is -1.98. The van der Waals surface area contributed by atoms with E-state index in [9.17, 15) is 9.90 Å². The van der Waals surface area contributed by atoms with E-state index >= 15 is 0 Å². The molecule has 2 N–H and O–H groups in total. The average molecular weight is 270 g/mol. The highest BCUT2D eigenvalue weighted by Gasteiger charge is 2.06. The Labute approximate surface area is 116 Å². The number of phenols is 1. The lowest BCUT2D eigenvalue weighted by molar-refractivity contribution is 0.0696. The van der Waals surface area contributed by atoms with Crippen LogP contribution in [0.15, 0.2) is 42.5 Å². The van der Waals surface area contributed by atoms with E-state index in [-0.39, 0.29) is 11.3 Å². The quantitative estimate of drug-likeness (QED) is 0.837. The maximum absolute atomic E-state index is 11.1.